The zero-order valence-electron chi connectivity index (χ0n) is 19.4. The molecule has 4 aliphatic carbocycles. The van der Waals surface area contributed by atoms with Crippen molar-refractivity contribution in [1.82, 2.24) is 9.97 Å². The number of H-pyrrole nitrogens is 1. The van der Waals surface area contributed by atoms with Gasteiger partial charge in [-0.3, -0.25) is 9.59 Å². The van der Waals surface area contributed by atoms with Crippen LogP contribution in [0.25, 0.3) is 11.0 Å². The van der Waals surface area contributed by atoms with Crippen LogP contribution in [-0.2, 0) is 9.59 Å². The zero-order chi connectivity index (χ0) is 23.3. The largest absolute Gasteiger partial charge is 0.333 e. The van der Waals surface area contributed by atoms with Crippen LogP contribution in [0.5, 0.6) is 0 Å². The van der Waals surface area contributed by atoms with Gasteiger partial charge in [0.05, 0.1) is 22.2 Å². The van der Waals surface area contributed by atoms with E-state index in [1.807, 2.05) is 43.3 Å². The lowest BCUT2D eigenvalue weighted by molar-refractivity contribution is -0.140. The standard InChI is InChI=1S/C27H30N4O2S/c1-16-2-7-22-23(8-16)31-26(30-22)34-15-24(32)28-20-3-5-21(6-4-20)29-25(33)27-12-17-9-18(13-27)11-19(10-17)14-27/h2-8,17-19H,9-15H2,1H3,(H,28,32)(H,29,33)(H,30,31). The van der Waals surface area contributed by atoms with Crippen LogP contribution in [0, 0.1) is 30.1 Å². The smallest absolute Gasteiger partial charge is 0.234 e. The second-order valence-electron chi connectivity index (χ2n) is 10.6. The van der Waals surface area contributed by atoms with Crippen molar-refractivity contribution in [2.24, 2.45) is 23.2 Å². The molecule has 7 heteroatoms. The third kappa shape index (κ3) is 4.22. The van der Waals surface area contributed by atoms with Crippen molar-refractivity contribution < 1.29 is 9.59 Å². The summed E-state index contributed by atoms with van der Waals surface area (Å²) in [6.45, 7) is 2.04. The van der Waals surface area contributed by atoms with Crippen molar-refractivity contribution in [2.75, 3.05) is 16.4 Å². The number of benzene rings is 2. The molecule has 1 aromatic heterocycles. The molecule has 34 heavy (non-hydrogen) atoms. The van der Waals surface area contributed by atoms with Gasteiger partial charge in [0.25, 0.3) is 0 Å². The topological polar surface area (TPSA) is 86.9 Å². The number of amides is 2. The molecule has 1 heterocycles. The molecule has 4 bridgehead atoms. The summed E-state index contributed by atoms with van der Waals surface area (Å²) in [7, 11) is 0. The van der Waals surface area contributed by atoms with E-state index in [1.165, 1.54) is 36.6 Å². The van der Waals surface area contributed by atoms with Gasteiger partial charge in [0.2, 0.25) is 11.8 Å². The third-order valence-electron chi connectivity index (χ3n) is 7.90. The fraction of sp³-hybridized carbons (Fsp3) is 0.444. The minimum absolute atomic E-state index is 0.0908. The summed E-state index contributed by atoms with van der Waals surface area (Å²) < 4.78 is 0. The van der Waals surface area contributed by atoms with E-state index in [2.05, 4.69) is 26.7 Å². The number of rotatable bonds is 6. The summed E-state index contributed by atoms with van der Waals surface area (Å²) >= 11 is 1.38. The Morgan fingerprint density at radius 1 is 0.971 bits per heavy atom. The highest BCUT2D eigenvalue weighted by Gasteiger charge is 2.54. The summed E-state index contributed by atoms with van der Waals surface area (Å²) in [5.41, 5.74) is 4.41. The molecular formula is C27H30N4O2S. The maximum Gasteiger partial charge on any atom is 0.234 e. The predicted octanol–water partition coefficient (Wildman–Crippen LogP) is 5.76. The fourth-order valence-corrected chi connectivity index (χ4v) is 7.47. The number of carbonyl (C=O) groups excluding carboxylic acids is 2. The second kappa shape index (κ2) is 8.45. The van der Waals surface area contributed by atoms with Crippen LogP contribution in [0.3, 0.4) is 0 Å². The maximum absolute atomic E-state index is 13.2. The minimum Gasteiger partial charge on any atom is -0.333 e. The first-order valence-electron chi connectivity index (χ1n) is 12.2. The first-order chi connectivity index (χ1) is 16.4. The minimum atomic E-state index is -0.159. The average Bonchev–Trinajstić information content (AvgIpc) is 3.20. The molecule has 2 aromatic carbocycles. The molecule has 0 atom stereocenters. The van der Waals surface area contributed by atoms with Gasteiger partial charge in [-0.2, -0.15) is 0 Å². The van der Waals surface area contributed by atoms with E-state index in [9.17, 15) is 9.59 Å². The highest BCUT2D eigenvalue weighted by atomic mass is 32.2. The van der Waals surface area contributed by atoms with Crippen LogP contribution in [0.15, 0.2) is 47.6 Å². The Labute approximate surface area is 203 Å². The number of aromatic amines is 1. The van der Waals surface area contributed by atoms with E-state index >= 15 is 0 Å². The molecule has 3 N–H and O–H groups in total. The number of nitrogens with one attached hydrogen (secondary N) is 3. The van der Waals surface area contributed by atoms with Gasteiger partial charge in [-0.15, -0.1) is 0 Å². The van der Waals surface area contributed by atoms with Crippen molar-refractivity contribution in [3.05, 3.63) is 48.0 Å². The molecule has 0 unspecified atom stereocenters. The summed E-state index contributed by atoms with van der Waals surface area (Å²) in [6, 6.07) is 13.5. The van der Waals surface area contributed by atoms with Crippen LogP contribution in [0.2, 0.25) is 0 Å². The van der Waals surface area contributed by atoms with Crippen molar-refractivity contribution in [1.29, 1.82) is 0 Å². The second-order valence-corrected chi connectivity index (χ2v) is 11.6. The lowest BCUT2D eigenvalue weighted by Crippen LogP contribution is -2.51. The van der Waals surface area contributed by atoms with Gasteiger partial charge in [0.15, 0.2) is 5.16 Å². The van der Waals surface area contributed by atoms with Gasteiger partial charge in [-0.05, 0) is 105 Å². The third-order valence-corrected chi connectivity index (χ3v) is 8.78. The van der Waals surface area contributed by atoms with E-state index in [1.54, 1.807) is 0 Å². The van der Waals surface area contributed by atoms with Crippen LogP contribution in [0.1, 0.15) is 44.1 Å². The van der Waals surface area contributed by atoms with Gasteiger partial charge in [0, 0.05) is 11.4 Å². The van der Waals surface area contributed by atoms with E-state index in [0.29, 0.717) is 0 Å². The molecule has 2 amide bonds. The first-order valence-corrected chi connectivity index (χ1v) is 13.2. The molecule has 0 spiro atoms. The number of anilines is 2. The van der Waals surface area contributed by atoms with Gasteiger partial charge < -0.3 is 15.6 Å². The summed E-state index contributed by atoms with van der Waals surface area (Å²) in [5, 5.41) is 6.84. The fourth-order valence-electron chi connectivity index (χ4n) is 6.79. The summed E-state index contributed by atoms with van der Waals surface area (Å²) in [6.07, 6.45) is 7.16. The van der Waals surface area contributed by atoms with E-state index < -0.39 is 0 Å². The highest BCUT2D eigenvalue weighted by Crippen LogP contribution is 2.60. The molecule has 4 fully saturated rings. The van der Waals surface area contributed by atoms with E-state index in [4.69, 9.17) is 0 Å². The Bertz CT molecular complexity index is 1210. The molecule has 0 saturated heterocycles. The van der Waals surface area contributed by atoms with Gasteiger partial charge >= 0.3 is 0 Å². The van der Waals surface area contributed by atoms with E-state index in [0.717, 1.165) is 64.6 Å². The predicted molar refractivity (Wildman–Crippen MR) is 136 cm³/mol. The van der Waals surface area contributed by atoms with Crippen molar-refractivity contribution >= 4 is 46.0 Å². The number of aromatic nitrogens is 2. The molecule has 7 rings (SSSR count). The Balaban J connectivity index is 1.03. The van der Waals surface area contributed by atoms with Crippen LogP contribution < -0.4 is 10.6 Å². The number of hydrogen-bond donors (Lipinski definition) is 3. The molecular weight excluding hydrogens is 444 g/mol. The van der Waals surface area contributed by atoms with Crippen molar-refractivity contribution in [3.8, 4) is 0 Å². The first kappa shape index (κ1) is 21.7. The monoisotopic (exact) mass is 474 g/mol. The summed E-state index contributed by atoms with van der Waals surface area (Å²) in [5.74, 6) is 2.61. The van der Waals surface area contributed by atoms with Crippen LogP contribution in [-0.4, -0.2) is 27.5 Å². The lowest BCUT2D eigenvalue weighted by atomic mass is 9.49. The number of nitrogens with zero attached hydrogens (tertiary/aromatic N) is 1. The van der Waals surface area contributed by atoms with Crippen molar-refractivity contribution in [3.63, 3.8) is 0 Å². The van der Waals surface area contributed by atoms with Gasteiger partial charge in [-0.25, -0.2) is 4.98 Å². The quantitative estimate of drug-likeness (QED) is 0.397. The molecule has 6 nitrogen and oxygen atoms in total. The Kier molecular flexibility index (Phi) is 5.40. The highest BCUT2D eigenvalue weighted by molar-refractivity contribution is 7.99. The molecule has 176 valence electrons. The van der Waals surface area contributed by atoms with Gasteiger partial charge in [0.1, 0.15) is 0 Å². The molecule has 4 aliphatic rings. The number of thioether (sulfide) groups is 1. The SMILES string of the molecule is Cc1ccc2nc(SCC(=O)Nc3ccc(NC(=O)C45CC6CC(CC(C6)C4)C5)cc3)[nH]c2c1. The number of carbonyl (C=O) groups is 2. The average molecular weight is 475 g/mol. The maximum atomic E-state index is 13.2. The number of imidazole rings is 1. The Hall–Kier alpha value is -2.80. The lowest BCUT2D eigenvalue weighted by Gasteiger charge is -2.55. The summed E-state index contributed by atoms with van der Waals surface area (Å²) in [4.78, 5) is 33.5. The van der Waals surface area contributed by atoms with Crippen LogP contribution in [0.4, 0.5) is 11.4 Å². The number of hydrogen-bond acceptors (Lipinski definition) is 4. The zero-order valence-corrected chi connectivity index (χ0v) is 20.2. The van der Waals surface area contributed by atoms with Crippen LogP contribution >= 0.6 is 11.8 Å². The molecule has 4 saturated carbocycles. The van der Waals surface area contributed by atoms with E-state index in [-0.39, 0.29) is 23.0 Å². The molecule has 0 radical (unpaired) electrons. The number of fused-ring (bicyclic) bond motifs is 1. The number of aryl methyl sites for hydroxylation is 1. The van der Waals surface area contributed by atoms with Crippen molar-refractivity contribution in [2.45, 2.75) is 50.6 Å². The molecule has 3 aromatic rings. The Morgan fingerprint density at radius 3 is 2.24 bits per heavy atom. The normalized spacial score (nSPS) is 27.1. The Morgan fingerprint density at radius 2 is 1.59 bits per heavy atom. The van der Waals surface area contributed by atoms with Gasteiger partial charge in [-0.1, -0.05) is 17.8 Å². The molecule has 0 aliphatic heterocycles.